The zero-order valence-electron chi connectivity index (χ0n) is 22.8. The minimum absolute atomic E-state index is 0.146. The van der Waals surface area contributed by atoms with Crippen LogP contribution >= 0.6 is 0 Å². The Hall–Kier alpha value is -0.430. The molecule has 3 saturated carbocycles. The Labute approximate surface area is 214 Å². The first-order valence-electron chi connectivity index (χ1n) is 14.3. The summed E-state index contributed by atoms with van der Waals surface area (Å²) in [5.41, 5.74) is 1.43. The lowest BCUT2D eigenvalue weighted by Crippen LogP contribution is -2.51. The zero-order valence-corrected chi connectivity index (χ0v) is 23.6. The molecule has 0 bridgehead atoms. The zero-order chi connectivity index (χ0) is 25.6. The Morgan fingerprint density at radius 3 is 2.51 bits per heavy atom. The van der Waals surface area contributed by atoms with E-state index in [4.69, 9.17) is 8.74 Å². The second kappa shape index (κ2) is 10.0. The number of aliphatic hydroxyl groups is 1. The molecule has 0 aliphatic heterocycles. The van der Waals surface area contributed by atoms with Crippen molar-refractivity contribution in [3.8, 4) is 0 Å². The van der Waals surface area contributed by atoms with Crippen LogP contribution in [0, 0.1) is 40.4 Å². The summed E-state index contributed by atoms with van der Waals surface area (Å²) in [6.45, 7) is 11.3. The largest absolute Gasteiger partial charge is 0.397 e. The molecule has 0 aromatic carbocycles. The lowest BCUT2D eigenvalue weighted by molar-refractivity contribution is -0.0560. The van der Waals surface area contributed by atoms with Crippen molar-refractivity contribution in [2.45, 2.75) is 130 Å². The fourth-order valence-corrected chi connectivity index (χ4v) is 9.77. The van der Waals surface area contributed by atoms with Gasteiger partial charge in [0, 0.05) is 0 Å². The molecule has 3 unspecified atom stereocenters. The minimum atomic E-state index is -4.39. The number of unbranched alkanes of at least 4 members (excludes halogenated alkanes) is 2. The van der Waals surface area contributed by atoms with Crippen LogP contribution in [-0.2, 0) is 14.6 Å². The Kier molecular flexibility index (Phi) is 7.91. The quantitative estimate of drug-likeness (QED) is 0.196. The third kappa shape index (κ3) is 5.86. The second-order valence-electron chi connectivity index (χ2n) is 13.8. The summed E-state index contributed by atoms with van der Waals surface area (Å²) in [6, 6.07) is 0. The lowest BCUT2D eigenvalue weighted by atomic mass is 9.47. The molecule has 8 atom stereocenters. The Morgan fingerprint density at radius 1 is 1.09 bits per heavy atom. The van der Waals surface area contributed by atoms with Crippen molar-refractivity contribution in [2.24, 2.45) is 40.4 Å². The standard InChI is InChI=1S/C29H50O5S/c1-20(9-7-6-8-16-27(2,3)30)24-12-13-25-23-11-10-21-19-22(34-35(31,32)33)14-17-28(21,4)26(23)15-18-29(24,25)5/h10,20,22-26,30H,6-9,11-19H2,1-5H3,(H,31,32,33)/t20-,22+,23?,24-,25?,26?,28+,29-/m1/s1. The monoisotopic (exact) mass is 510 g/mol. The van der Waals surface area contributed by atoms with Crippen LogP contribution in [0.5, 0.6) is 0 Å². The maximum atomic E-state index is 11.3. The van der Waals surface area contributed by atoms with Gasteiger partial charge in [-0.3, -0.25) is 4.55 Å². The summed E-state index contributed by atoms with van der Waals surface area (Å²) in [5.74, 6) is 3.81. The Morgan fingerprint density at radius 2 is 1.83 bits per heavy atom. The van der Waals surface area contributed by atoms with Gasteiger partial charge in [0.1, 0.15) is 0 Å². The van der Waals surface area contributed by atoms with Gasteiger partial charge in [0.25, 0.3) is 0 Å². The molecule has 4 aliphatic rings. The average molecular weight is 511 g/mol. The van der Waals surface area contributed by atoms with Gasteiger partial charge in [-0.25, -0.2) is 4.18 Å². The van der Waals surface area contributed by atoms with Crippen molar-refractivity contribution < 1.29 is 22.3 Å². The van der Waals surface area contributed by atoms with Gasteiger partial charge in [-0.05, 0) is 112 Å². The van der Waals surface area contributed by atoms with Crippen LogP contribution in [0.2, 0.25) is 0 Å². The van der Waals surface area contributed by atoms with Crippen LogP contribution in [0.25, 0.3) is 0 Å². The van der Waals surface area contributed by atoms with Crippen LogP contribution in [0.4, 0.5) is 0 Å². The predicted molar refractivity (Wildman–Crippen MR) is 140 cm³/mol. The third-order valence-corrected chi connectivity index (χ3v) is 11.5. The summed E-state index contributed by atoms with van der Waals surface area (Å²) < 4.78 is 36.6. The average Bonchev–Trinajstić information content (AvgIpc) is 3.09. The van der Waals surface area contributed by atoms with Gasteiger partial charge in [-0.2, -0.15) is 8.42 Å². The number of hydrogen-bond donors (Lipinski definition) is 2. The van der Waals surface area contributed by atoms with Crippen LogP contribution in [0.3, 0.4) is 0 Å². The number of hydrogen-bond acceptors (Lipinski definition) is 4. The van der Waals surface area contributed by atoms with Gasteiger partial charge < -0.3 is 5.11 Å². The minimum Gasteiger partial charge on any atom is -0.390 e. The topological polar surface area (TPSA) is 83.8 Å². The summed E-state index contributed by atoms with van der Waals surface area (Å²) >= 11 is 0. The van der Waals surface area contributed by atoms with E-state index in [2.05, 4.69) is 26.8 Å². The van der Waals surface area contributed by atoms with E-state index in [1.165, 1.54) is 50.5 Å². The van der Waals surface area contributed by atoms with Crippen molar-refractivity contribution in [2.75, 3.05) is 0 Å². The fraction of sp³-hybridized carbons (Fsp3) is 0.931. The Bertz CT molecular complexity index is 889. The molecule has 4 rings (SSSR count). The smallest absolute Gasteiger partial charge is 0.390 e. The molecular formula is C29H50O5S. The lowest BCUT2D eigenvalue weighted by Gasteiger charge is -2.58. The maximum absolute atomic E-state index is 11.3. The Balaban J connectivity index is 1.38. The van der Waals surface area contributed by atoms with Crippen molar-refractivity contribution in [1.82, 2.24) is 0 Å². The number of rotatable bonds is 9. The molecule has 0 radical (unpaired) electrons. The fourth-order valence-electron chi connectivity index (χ4n) is 9.26. The SMILES string of the molecule is C[C@H](CCCCCC(C)(C)O)[C@H]1CCC2C3CC=C4C[C@@H](OS(=O)(=O)O)CC[C@]4(C)C3CC[C@@]21C. The molecule has 0 aromatic heterocycles. The predicted octanol–water partition coefficient (Wildman–Crippen LogP) is 7.11. The molecule has 0 heterocycles. The van der Waals surface area contributed by atoms with E-state index in [0.29, 0.717) is 24.2 Å². The molecule has 202 valence electrons. The van der Waals surface area contributed by atoms with E-state index < -0.39 is 22.1 Å². The van der Waals surface area contributed by atoms with E-state index >= 15 is 0 Å². The normalized spacial score (nSPS) is 40.4. The van der Waals surface area contributed by atoms with Crippen LogP contribution in [-0.4, -0.2) is 29.8 Å². The van der Waals surface area contributed by atoms with Gasteiger partial charge in [-0.1, -0.05) is 58.1 Å². The van der Waals surface area contributed by atoms with Crippen molar-refractivity contribution in [3.63, 3.8) is 0 Å². The van der Waals surface area contributed by atoms with Crippen LogP contribution in [0.15, 0.2) is 11.6 Å². The maximum Gasteiger partial charge on any atom is 0.397 e. The van der Waals surface area contributed by atoms with Gasteiger partial charge >= 0.3 is 10.4 Å². The van der Waals surface area contributed by atoms with Gasteiger partial charge in [0.15, 0.2) is 0 Å². The summed E-state index contributed by atoms with van der Waals surface area (Å²) in [7, 11) is -4.39. The highest BCUT2D eigenvalue weighted by molar-refractivity contribution is 7.80. The van der Waals surface area contributed by atoms with Gasteiger partial charge in [-0.15, -0.1) is 0 Å². The number of fused-ring (bicyclic) bond motifs is 5. The molecule has 0 amide bonds. The second-order valence-corrected chi connectivity index (χ2v) is 14.8. The van der Waals surface area contributed by atoms with E-state index in [1.807, 2.05) is 13.8 Å². The molecule has 6 heteroatoms. The molecule has 2 N–H and O–H groups in total. The van der Waals surface area contributed by atoms with E-state index in [-0.39, 0.29) is 5.41 Å². The van der Waals surface area contributed by atoms with Gasteiger partial charge in [0.2, 0.25) is 0 Å². The van der Waals surface area contributed by atoms with Crippen molar-refractivity contribution in [3.05, 3.63) is 11.6 Å². The van der Waals surface area contributed by atoms with Crippen molar-refractivity contribution in [1.29, 1.82) is 0 Å². The molecule has 3 fully saturated rings. The third-order valence-electron chi connectivity index (χ3n) is 11.0. The van der Waals surface area contributed by atoms with E-state index in [0.717, 1.165) is 49.4 Å². The first-order chi connectivity index (χ1) is 16.2. The highest BCUT2D eigenvalue weighted by Crippen LogP contribution is 2.67. The molecule has 35 heavy (non-hydrogen) atoms. The first-order valence-corrected chi connectivity index (χ1v) is 15.7. The summed E-state index contributed by atoms with van der Waals surface area (Å²) in [4.78, 5) is 0. The molecule has 0 aromatic rings. The first kappa shape index (κ1) is 27.6. The van der Waals surface area contributed by atoms with E-state index in [9.17, 15) is 13.5 Å². The molecule has 5 nitrogen and oxygen atoms in total. The molecule has 0 spiro atoms. The summed E-state index contributed by atoms with van der Waals surface area (Å²) in [5, 5.41) is 9.96. The van der Waals surface area contributed by atoms with Crippen LogP contribution in [0.1, 0.15) is 118 Å². The highest BCUT2D eigenvalue weighted by atomic mass is 32.3. The van der Waals surface area contributed by atoms with Crippen molar-refractivity contribution >= 4 is 10.4 Å². The highest BCUT2D eigenvalue weighted by Gasteiger charge is 2.59. The van der Waals surface area contributed by atoms with Crippen LogP contribution < -0.4 is 0 Å². The number of allylic oxidation sites excluding steroid dienone is 1. The van der Waals surface area contributed by atoms with Gasteiger partial charge in [0.05, 0.1) is 11.7 Å². The molecule has 0 saturated heterocycles. The molecular weight excluding hydrogens is 460 g/mol. The van der Waals surface area contributed by atoms with E-state index in [1.54, 1.807) is 0 Å². The molecule has 4 aliphatic carbocycles. The summed E-state index contributed by atoms with van der Waals surface area (Å²) in [6.07, 6.45) is 16.6.